The Morgan fingerprint density at radius 3 is 2.07 bits per heavy atom. The Bertz CT molecular complexity index is 192. The van der Waals surface area contributed by atoms with Gasteiger partial charge in [-0.2, -0.15) is 11.8 Å². The number of hydrogen-bond acceptors (Lipinski definition) is 3. The molecular weight excluding hydrogens is 206 g/mol. The van der Waals surface area contributed by atoms with Crippen molar-refractivity contribution in [3.63, 3.8) is 0 Å². The zero-order chi connectivity index (χ0) is 12.0. The fourth-order valence-corrected chi connectivity index (χ4v) is 2.32. The van der Waals surface area contributed by atoms with Gasteiger partial charge in [0, 0.05) is 12.0 Å². The van der Waals surface area contributed by atoms with Crippen LogP contribution in [0.15, 0.2) is 0 Å². The average molecular weight is 231 g/mol. The number of Topliss-reactive ketones (excluding diaryl/α,β-unsaturated/α-hetero) is 1. The molecule has 0 aromatic heterocycles. The highest BCUT2D eigenvalue weighted by molar-refractivity contribution is 7.98. The topological polar surface area (TPSA) is 29.1 Å². The normalized spacial score (nSPS) is 15.7. The van der Waals surface area contributed by atoms with Gasteiger partial charge in [0.15, 0.2) is 5.78 Å². The SMILES string of the molecule is CSCC(C)C(NC(C)C)C(=O)C(C)C. The molecule has 0 fully saturated rings. The van der Waals surface area contributed by atoms with E-state index in [0.29, 0.717) is 17.7 Å². The summed E-state index contributed by atoms with van der Waals surface area (Å²) in [5.74, 6) is 1.89. The predicted molar refractivity (Wildman–Crippen MR) is 69.5 cm³/mol. The molecule has 0 rings (SSSR count). The van der Waals surface area contributed by atoms with Crippen LogP contribution in [-0.2, 0) is 4.79 Å². The van der Waals surface area contributed by atoms with E-state index >= 15 is 0 Å². The molecular formula is C12H25NOS. The van der Waals surface area contributed by atoms with Crippen molar-refractivity contribution < 1.29 is 4.79 Å². The second-order valence-corrected chi connectivity index (χ2v) is 5.70. The van der Waals surface area contributed by atoms with Crippen LogP contribution in [0.1, 0.15) is 34.6 Å². The second-order valence-electron chi connectivity index (χ2n) is 4.79. The monoisotopic (exact) mass is 231 g/mol. The Hall–Kier alpha value is -0.0200. The van der Waals surface area contributed by atoms with E-state index in [-0.39, 0.29) is 12.0 Å². The minimum Gasteiger partial charge on any atom is -0.305 e. The standard InChI is InChI=1S/C12H25NOS/c1-8(2)12(14)11(13-9(3)4)10(5)7-15-6/h8-11,13H,7H2,1-6H3. The lowest BCUT2D eigenvalue weighted by Gasteiger charge is -2.27. The Labute approximate surface area is 98.6 Å². The van der Waals surface area contributed by atoms with Crippen LogP contribution in [0.3, 0.4) is 0 Å². The van der Waals surface area contributed by atoms with Crippen LogP contribution in [0.5, 0.6) is 0 Å². The molecule has 1 N–H and O–H groups in total. The molecule has 0 radical (unpaired) electrons. The predicted octanol–water partition coefficient (Wildman–Crippen LogP) is 2.58. The van der Waals surface area contributed by atoms with E-state index in [9.17, 15) is 4.79 Å². The molecule has 0 amide bonds. The van der Waals surface area contributed by atoms with E-state index < -0.39 is 0 Å². The van der Waals surface area contributed by atoms with Crippen LogP contribution in [0.25, 0.3) is 0 Å². The molecule has 0 bridgehead atoms. The molecule has 0 aliphatic rings. The first-order chi connectivity index (χ1) is 6.90. The van der Waals surface area contributed by atoms with E-state index in [1.807, 2.05) is 13.8 Å². The first-order valence-electron chi connectivity index (χ1n) is 5.68. The van der Waals surface area contributed by atoms with E-state index in [2.05, 4.69) is 32.3 Å². The van der Waals surface area contributed by atoms with Crippen molar-refractivity contribution in [1.82, 2.24) is 5.32 Å². The number of rotatable bonds is 7. The molecule has 15 heavy (non-hydrogen) atoms. The van der Waals surface area contributed by atoms with Gasteiger partial charge in [0.2, 0.25) is 0 Å². The fraction of sp³-hybridized carbons (Fsp3) is 0.917. The second kappa shape index (κ2) is 7.29. The Morgan fingerprint density at radius 1 is 1.20 bits per heavy atom. The van der Waals surface area contributed by atoms with Crippen LogP contribution >= 0.6 is 11.8 Å². The summed E-state index contributed by atoms with van der Waals surface area (Å²) in [6.45, 7) is 10.3. The molecule has 0 saturated carbocycles. The van der Waals surface area contributed by atoms with Crippen molar-refractivity contribution in [3.05, 3.63) is 0 Å². The van der Waals surface area contributed by atoms with E-state index in [1.54, 1.807) is 11.8 Å². The van der Waals surface area contributed by atoms with Crippen molar-refractivity contribution in [2.24, 2.45) is 11.8 Å². The summed E-state index contributed by atoms with van der Waals surface area (Å²) in [4.78, 5) is 12.0. The van der Waals surface area contributed by atoms with Crippen molar-refractivity contribution >= 4 is 17.5 Å². The van der Waals surface area contributed by atoms with Gasteiger partial charge < -0.3 is 5.32 Å². The Morgan fingerprint density at radius 2 is 1.73 bits per heavy atom. The van der Waals surface area contributed by atoms with Gasteiger partial charge in [-0.25, -0.2) is 0 Å². The van der Waals surface area contributed by atoms with Crippen molar-refractivity contribution in [2.45, 2.75) is 46.7 Å². The van der Waals surface area contributed by atoms with Crippen LogP contribution in [0.2, 0.25) is 0 Å². The van der Waals surface area contributed by atoms with Gasteiger partial charge in [-0.15, -0.1) is 0 Å². The maximum absolute atomic E-state index is 12.0. The van der Waals surface area contributed by atoms with Crippen LogP contribution in [0, 0.1) is 11.8 Å². The lowest BCUT2D eigenvalue weighted by molar-refractivity contribution is -0.125. The minimum atomic E-state index is 0.0115. The first kappa shape index (κ1) is 15.0. The maximum Gasteiger partial charge on any atom is 0.152 e. The molecule has 0 aliphatic carbocycles. The first-order valence-corrected chi connectivity index (χ1v) is 7.08. The van der Waals surface area contributed by atoms with Gasteiger partial charge in [-0.3, -0.25) is 4.79 Å². The molecule has 2 nitrogen and oxygen atoms in total. The summed E-state index contributed by atoms with van der Waals surface area (Å²) in [5.41, 5.74) is 0. The molecule has 90 valence electrons. The highest BCUT2D eigenvalue weighted by atomic mass is 32.2. The summed E-state index contributed by atoms with van der Waals surface area (Å²) < 4.78 is 0. The number of nitrogens with one attached hydrogen (secondary N) is 1. The number of thioether (sulfide) groups is 1. The summed E-state index contributed by atoms with van der Waals surface area (Å²) >= 11 is 1.80. The summed E-state index contributed by atoms with van der Waals surface area (Å²) in [6, 6.07) is 0.374. The zero-order valence-corrected chi connectivity index (χ0v) is 11.6. The third-order valence-corrected chi connectivity index (χ3v) is 3.25. The number of carbonyl (C=O) groups excluding carboxylic acids is 1. The van der Waals surface area contributed by atoms with Gasteiger partial charge in [0.1, 0.15) is 0 Å². The maximum atomic E-state index is 12.0. The quantitative estimate of drug-likeness (QED) is 0.730. The van der Waals surface area contributed by atoms with E-state index in [1.165, 1.54) is 0 Å². The third kappa shape index (κ3) is 5.57. The fourth-order valence-electron chi connectivity index (χ4n) is 1.60. The zero-order valence-electron chi connectivity index (χ0n) is 10.8. The molecule has 0 aromatic rings. The molecule has 0 saturated heterocycles. The molecule has 0 aromatic carbocycles. The molecule has 2 atom stereocenters. The van der Waals surface area contributed by atoms with Gasteiger partial charge >= 0.3 is 0 Å². The Kier molecular flexibility index (Phi) is 7.28. The summed E-state index contributed by atoms with van der Waals surface area (Å²) in [6.07, 6.45) is 2.09. The average Bonchev–Trinajstić information content (AvgIpc) is 2.13. The smallest absolute Gasteiger partial charge is 0.152 e. The van der Waals surface area contributed by atoms with Gasteiger partial charge in [0.25, 0.3) is 0 Å². The summed E-state index contributed by atoms with van der Waals surface area (Å²) in [7, 11) is 0. The summed E-state index contributed by atoms with van der Waals surface area (Å²) in [5, 5.41) is 3.38. The molecule has 0 spiro atoms. The number of ketones is 1. The lowest BCUT2D eigenvalue weighted by Crippen LogP contribution is -2.47. The number of hydrogen-bond donors (Lipinski definition) is 1. The van der Waals surface area contributed by atoms with E-state index in [0.717, 1.165) is 5.75 Å². The Balaban J connectivity index is 4.49. The van der Waals surface area contributed by atoms with Crippen LogP contribution in [0.4, 0.5) is 0 Å². The van der Waals surface area contributed by atoms with Gasteiger partial charge in [-0.05, 0) is 17.9 Å². The lowest BCUT2D eigenvalue weighted by atomic mass is 9.92. The largest absolute Gasteiger partial charge is 0.305 e. The van der Waals surface area contributed by atoms with Crippen molar-refractivity contribution in [3.8, 4) is 0 Å². The number of carbonyl (C=O) groups is 1. The molecule has 0 aliphatic heterocycles. The van der Waals surface area contributed by atoms with Crippen molar-refractivity contribution in [1.29, 1.82) is 0 Å². The third-order valence-electron chi connectivity index (χ3n) is 2.39. The molecule has 0 heterocycles. The van der Waals surface area contributed by atoms with Crippen LogP contribution in [-0.4, -0.2) is 29.9 Å². The van der Waals surface area contributed by atoms with Crippen molar-refractivity contribution in [2.75, 3.05) is 12.0 Å². The van der Waals surface area contributed by atoms with Crippen LogP contribution < -0.4 is 5.32 Å². The highest BCUT2D eigenvalue weighted by Gasteiger charge is 2.26. The van der Waals surface area contributed by atoms with E-state index in [4.69, 9.17) is 0 Å². The van der Waals surface area contributed by atoms with Gasteiger partial charge in [0.05, 0.1) is 6.04 Å². The molecule has 2 unspecified atom stereocenters. The highest BCUT2D eigenvalue weighted by Crippen LogP contribution is 2.14. The van der Waals surface area contributed by atoms with Gasteiger partial charge in [-0.1, -0.05) is 34.6 Å². The molecule has 3 heteroatoms. The minimum absolute atomic E-state index is 0.0115.